The minimum absolute atomic E-state index is 0.0246. The average molecular weight is 385 g/mol. The number of carbonyl (C=O) groups excluding carboxylic acids is 1. The van der Waals surface area contributed by atoms with Gasteiger partial charge < -0.3 is 9.80 Å². The topological polar surface area (TPSA) is 41.4 Å². The van der Waals surface area contributed by atoms with Crippen molar-refractivity contribution in [2.75, 3.05) is 19.0 Å². The highest BCUT2D eigenvalue weighted by molar-refractivity contribution is 5.78. The number of hydrogen-bond donors (Lipinski definition) is 0. The second-order valence-electron chi connectivity index (χ2n) is 8.36. The highest BCUT2D eigenvalue weighted by Gasteiger charge is 2.28. The van der Waals surface area contributed by atoms with Crippen LogP contribution in [0.25, 0.3) is 5.69 Å². The number of nitrogens with zero attached hydrogens (tertiary/aromatic N) is 4. The lowest BCUT2D eigenvalue weighted by atomic mass is 10.0. The smallest absolute Gasteiger partial charge is 0.225 e. The quantitative estimate of drug-likeness (QED) is 0.654. The van der Waals surface area contributed by atoms with Crippen molar-refractivity contribution in [1.29, 1.82) is 0 Å². The Morgan fingerprint density at radius 2 is 1.68 bits per heavy atom. The third-order valence-electron chi connectivity index (χ3n) is 5.19. The van der Waals surface area contributed by atoms with Crippen LogP contribution in [0.1, 0.15) is 65.1 Å². The third-order valence-corrected chi connectivity index (χ3v) is 5.19. The molecule has 0 saturated heterocycles. The maximum Gasteiger partial charge on any atom is 0.225 e. The van der Waals surface area contributed by atoms with Gasteiger partial charge in [-0.15, -0.1) is 0 Å². The maximum atomic E-state index is 13.0. The largest absolute Gasteiger partial charge is 0.362 e. The Labute approximate surface area is 170 Å². The van der Waals surface area contributed by atoms with Gasteiger partial charge >= 0.3 is 0 Å². The number of amides is 1. The van der Waals surface area contributed by atoms with Crippen LogP contribution in [0.5, 0.6) is 0 Å². The summed E-state index contributed by atoms with van der Waals surface area (Å²) in [5, 5.41) is 4.98. The molecule has 2 aromatic rings. The number of para-hydroxylation sites is 1. The summed E-state index contributed by atoms with van der Waals surface area (Å²) in [6, 6.07) is 10.4. The third kappa shape index (κ3) is 4.57. The van der Waals surface area contributed by atoms with Crippen LogP contribution in [-0.2, 0) is 11.3 Å². The molecule has 2 rings (SSSR count). The molecule has 0 N–H and O–H groups in total. The predicted octanol–water partition coefficient (Wildman–Crippen LogP) is 4.84. The molecule has 1 aromatic carbocycles. The molecule has 5 nitrogen and oxygen atoms in total. The molecule has 0 aliphatic rings. The first-order valence-corrected chi connectivity index (χ1v) is 10.3. The molecule has 5 heteroatoms. The normalized spacial score (nSPS) is 12.5. The molecule has 1 unspecified atom stereocenters. The molecule has 1 amide bonds. The van der Waals surface area contributed by atoms with Crippen LogP contribution in [0.4, 0.5) is 5.82 Å². The van der Waals surface area contributed by atoms with Crippen LogP contribution in [-0.4, -0.2) is 40.7 Å². The Balaban J connectivity index is 2.63. The summed E-state index contributed by atoms with van der Waals surface area (Å²) in [6.07, 6.45) is 0.930. The van der Waals surface area contributed by atoms with E-state index in [1.54, 1.807) is 0 Å². The van der Waals surface area contributed by atoms with Gasteiger partial charge in [0.05, 0.1) is 17.9 Å². The van der Waals surface area contributed by atoms with Gasteiger partial charge in [0.15, 0.2) is 0 Å². The highest BCUT2D eigenvalue weighted by Crippen LogP contribution is 2.32. The summed E-state index contributed by atoms with van der Waals surface area (Å²) >= 11 is 0. The van der Waals surface area contributed by atoms with Gasteiger partial charge in [-0.3, -0.25) is 4.79 Å². The molecule has 1 aromatic heterocycles. The zero-order valence-corrected chi connectivity index (χ0v) is 18.7. The Morgan fingerprint density at radius 3 is 2.14 bits per heavy atom. The van der Waals surface area contributed by atoms with Gasteiger partial charge in [0.2, 0.25) is 5.91 Å². The van der Waals surface area contributed by atoms with Gasteiger partial charge in [-0.1, -0.05) is 52.8 Å². The van der Waals surface area contributed by atoms with E-state index in [1.165, 1.54) is 0 Å². The van der Waals surface area contributed by atoms with Crippen molar-refractivity contribution < 1.29 is 4.79 Å². The van der Waals surface area contributed by atoms with Gasteiger partial charge in [-0.05, 0) is 31.4 Å². The summed E-state index contributed by atoms with van der Waals surface area (Å²) in [4.78, 5) is 17.1. The van der Waals surface area contributed by atoms with Crippen molar-refractivity contribution in [3.63, 3.8) is 0 Å². The van der Waals surface area contributed by atoms with Crippen molar-refractivity contribution in [3.8, 4) is 5.69 Å². The second kappa shape index (κ2) is 9.26. The van der Waals surface area contributed by atoms with Crippen molar-refractivity contribution in [1.82, 2.24) is 14.7 Å². The summed E-state index contributed by atoms with van der Waals surface area (Å²) in [6.45, 7) is 13.1. The number of carbonyl (C=O) groups is 1. The lowest BCUT2D eigenvalue weighted by molar-refractivity contribution is -0.137. The Hall–Kier alpha value is -2.30. The molecular weight excluding hydrogens is 348 g/mol. The number of hydrogen-bond acceptors (Lipinski definition) is 3. The van der Waals surface area contributed by atoms with Crippen LogP contribution in [0.3, 0.4) is 0 Å². The van der Waals surface area contributed by atoms with E-state index in [0.717, 1.165) is 29.2 Å². The number of aromatic nitrogens is 2. The predicted molar refractivity (Wildman–Crippen MR) is 117 cm³/mol. The Bertz CT molecular complexity index is 777. The molecule has 1 atom stereocenters. The van der Waals surface area contributed by atoms with E-state index in [2.05, 4.69) is 44.7 Å². The minimum Gasteiger partial charge on any atom is -0.362 e. The first-order chi connectivity index (χ1) is 13.2. The monoisotopic (exact) mass is 384 g/mol. The van der Waals surface area contributed by atoms with Crippen LogP contribution < -0.4 is 4.90 Å². The first kappa shape index (κ1) is 22.0. The fourth-order valence-corrected chi connectivity index (χ4v) is 3.46. The summed E-state index contributed by atoms with van der Waals surface area (Å²) in [7, 11) is 4.09. The standard InChI is InChI=1S/C23H36N4O/c1-9-18(6)26(23(28)17(4)5)15-20-21(16(2)3)24-27(22(20)25(7)8)19-13-11-10-12-14-19/h10-14,16-18H,9,15H2,1-8H3. The van der Waals surface area contributed by atoms with Gasteiger partial charge in [0, 0.05) is 31.6 Å². The number of anilines is 1. The van der Waals surface area contributed by atoms with E-state index in [1.807, 2.05) is 55.7 Å². The molecular formula is C23H36N4O. The van der Waals surface area contributed by atoms with E-state index in [-0.39, 0.29) is 23.8 Å². The summed E-state index contributed by atoms with van der Waals surface area (Å²) in [5.74, 6) is 1.48. The van der Waals surface area contributed by atoms with Crippen LogP contribution in [0.2, 0.25) is 0 Å². The average Bonchev–Trinajstić information content (AvgIpc) is 3.05. The van der Waals surface area contributed by atoms with Gasteiger partial charge in [0.1, 0.15) is 5.82 Å². The Morgan fingerprint density at radius 1 is 1.07 bits per heavy atom. The van der Waals surface area contributed by atoms with E-state index in [9.17, 15) is 4.79 Å². The molecule has 154 valence electrons. The van der Waals surface area contributed by atoms with Crippen molar-refractivity contribution in [3.05, 3.63) is 41.6 Å². The van der Waals surface area contributed by atoms with E-state index in [0.29, 0.717) is 6.54 Å². The molecule has 28 heavy (non-hydrogen) atoms. The summed E-state index contributed by atoms with van der Waals surface area (Å²) < 4.78 is 2.01. The molecule has 0 bridgehead atoms. The maximum absolute atomic E-state index is 13.0. The van der Waals surface area contributed by atoms with Crippen LogP contribution in [0, 0.1) is 5.92 Å². The minimum atomic E-state index is -0.0246. The summed E-state index contributed by atoms with van der Waals surface area (Å²) in [5.41, 5.74) is 3.22. The number of benzene rings is 1. The lowest BCUT2D eigenvalue weighted by Crippen LogP contribution is -2.40. The molecule has 0 saturated carbocycles. The van der Waals surface area contributed by atoms with Gasteiger partial charge in [0.25, 0.3) is 0 Å². The van der Waals surface area contributed by atoms with Gasteiger partial charge in [-0.2, -0.15) is 5.10 Å². The van der Waals surface area contributed by atoms with E-state index >= 15 is 0 Å². The van der Waals surface area contributed by atoms with E-state index < -0.39 is 0 Å². The SMILES string of the molecule is CCC(C)N(Cc1c(C(C)C)nn(-c2ccccc2)c1N(C)C)C(=O)C(C)C. The molecule has 0 aliphatic heterocycles. The fourth-order valence-electron chi connectivity index (χ4n) is 3.46. The lowest BCUT2D eigenvalue weighted by Gasteiger charge is -2.31. The number of rotatable bonds is 8. The van der Waals surface area contributed by atoms with Crippen LogP contribution in [0.15, 0.2) is 30.3 Å². The van der Waals surface area contributed by atoms with Gasteiger partial charge in [-0.25, -0.2) is 4.68 Å². The molecule has 0 fully saturated rings. The molecule has 0 spiro atoms. The van der Waals surface area contributed by atoms with Crippen molar-refractivity contribution in [2.45, 2.75) is 66.5 Å². The van der Waals surface area contributed by atoms with Crippen molar-refractivity contribution in [2.24, 2.45) is 5.92 Å². The molecule has 0 aliphatic carbocycles. The molecule has 1 heterocycles. The zero-order chi connectivity index (χ0) is 21.0. The fraction of sp³-hybridized carbons (Fsp3) is 0.565. The first-order valence-electron chi connectivity index (χ1n) is 10.3. The van der Waals surface area contributed by atoms with Crippen molar-refractivity contribution >= 4 is 11.7 Å². The van der Waals surface area contributed by atoms with E-state index in [4.69, 9.17) is 5.10 Å². The molecule has 0 radical (unpaired) electrons. The highest BCUT2D eigenvalue weighted by atomic mass is 16.2. The second-order valence-corrected chi connectivity index (χ2v) is 8.36. The van der Waals surface area contributed by atoms with Crippen LogP contribution >= 0.6 is 0 Å². The Kier molecular flexibility index (Phi) is 7.28. The zero-order valence-electron chi connectivity index (χ0n) is 18.7.